The molecule has 0 bridgehead atoms. The first-order valence-electron chi connectivity index (χ1n) is 6.50. The second kappa shape index (κ2) is 6.50. The number of primary sulfonamides is 1. The number of sulfonamides is 1. The van der Waals surface area contributed by atoms with E-state index in [1.165, 1.54) is 5.56 Å². The quantitative estimate of drug-likeness (QED) is 0.799. The Labute approximate surface area is 116 Å². The number of nitrogens with two attached hydrogens (primary N) is 1. The van der Waals surface area contributed by atoms with Crippen LogP contribution in [0.1, 0.15) is 32.8 Å². The predicted molar refractivity (Wildman–Crippen MR) is 79.5 cm³/mol. The first-order valence-corrected chi connectivity index (χ1v) is 8.22. The molecule has 5 heteroatoms. The molecule has 0 spiro atoms. The minimum atomic E-state index is -3.38. The molecular formula is C14H24N2O2S. The van der Waals surface area contributed by atoms with Gasteiger partial charge in [-0.05, 0) is 24.3 Å². The largest absolute Gasteiger partial charge is 0.313 e. The predicted octanol–water partition coefficient (Wildman–Crippen LogP) is 1.62. The Balaban J connectivity index is 2.49. The fourth-order valence-corrected chi connectivity index (χ4v) is 2.69. The van der Waals surface area contributed by atoms with Gasteiger partial charge in [-0.2, -0.15) is 0 Å². The van der Waals surface area contributed by atoms with Crippen LogP contribution < -0.4 is 10.5 Å². The molecule has 0 fully saturated rings. The van der Waals surface area contributed by atoms with Crippen LogP contribution in [0.5, 0.6) is 0 Å². The van der Waals surface area contributed by atoms with Crippen molar-refractivity contribution in [2.24, 2.45) is 5.14 Å². The first-order chi connectivity index (χ1) is 8.71. The maximum absolute atomic E-state index is 10.9. The number of nitrogens with one attached hydrogen (secondary N) is 1. The molecule has 19 heavy (non-hydrogen) atoms. The van der Waals surface area contributed by atoms with E-state index >= 15 is 0 Å². The van der Waals surface area contributed by atoms with E-state index in [-0.39, 0.29) is 17.2 Å². The lowest BCUT2D eigenvalue weighted by molar-refractivity contribution is 0.394. The summed E-state index contributed by atoms with van der Waals surface area (Å²) in [7, 11) is -3.38. The van der Waals surface area contributed by atoms with Crippen molar-refractivity contribution in [1.29, 1.82) is 0 Å². The number of hydrogen-bond acceptors (Lipinski definition) is 3. The van der Waals surface area contributed by atoms with Gasteiger partial charge in [0.05, 0.1) is 5.75 Å². The summed E-state index contributed by atoms with van der Waals surface area (Å²) in [5, 5.41) is 8.18. The fourth-order valence-electron chi connectivity index (χ4n) is 2.29. The third-order valence-corrected chi connectivity index (χ3v) is 4.02. The topological polar surface area (TPSA) is 72.2 Å². The van der Waals surface area contributed by atoms with E-state index in [2.05, 4.69) is 38.2 Å². The van der Waals surface area contributed by atoms with Crippen LogP contribution in [0.15, 0.2) is 30.3 Å². The van der Waals surface area contributed by atoms with Crippen molar-refractivity contribution in [3.8, 4) is 0 Å². The molecule has 4 nitrogen and oxygen atoms in total. The van der Waals surface area contributed by atoms with Crippen LogP contribution in [0, 0.1) is 0 Å². The van der Waals surface area contributed by atoms with Gasteiger partial charge < -0.3 is 5.32 Å². The van der Waals surface area contributed by atoms with Gasteiger partial charge in [-0.25, -0.2) is 13.6 Å². The zero-order valence-electron chi connectivity index (χ0n) is 11.9. The maximum Gasteiger partial charge on any atom is 0.210 e. The highest BCUT2D eigenvalue weighted by atomic mass is 32.2. The van der Waals surface area contributed by atoms with Crippen LogP contribution in [-0.2, 0) is 15.4 Å². The second-order valence-electron chi connectivity index (χ2n) is 5.68. The third-order valence-electron chi connectivity index (χ3n) is 3.25. The van der Waals surface area contributed by atoms with E-state index < -0.39 is 10.0 Å². The van der Waals surface area contributed by atoms with Crippen molar-refractivity contribution < 1.29 is 8.42 Å². The molecule has 1 rings (SSSR count). The molecule has 0 saturated carbocycles. The molecule has 3 N–H and O–H groups in total. The van der Waals surface area contributed by atoms with E-state index in [9.17, 15) is 8.42 Å². The van der Waals surface area contributed by atoms with Gasteiger partial charge in [-0.15, -0.1) is 0 Å². The summed E-state index contributed by atoms with van der Waals surface area (Å²) in [4.78, 5) is 0. The van der Waals surface area contributed by atoms with E-state index in [1.807, 2.05) is 18.2 Å². The van der Waals surface area contributed by atoms with Crippen LogP contribution in [0.3, 0.4) is 0 Å². The van der Waals surface area contributed by atoms with Crippen LogP contribution in [-0.4, -0.2) is 26.8 Å². The van der Waals surface area contributed by atoms with Crippen molar-refractivity contribution in [3.05, 3.63) is 35.9 Å². The Bertz CT molecular complexity index is 483. The van der Waals surface area contributed by atoms with Gasteiger partial charge in [0, 0.05) is 12.6 Å². The van der Waals surface area contributed by atoms with Crippen LogP contribution >= 0.6 is 0 Å². The molecule has 0 amide bonds. The average molecular weight is 284 g/mol. The highest BCUT2D eigenvalue weighted by Gasteiger charge is 2.22. The summed E-state index contributed by atoms with van der Waals surface area (Å²) in [5.41, 5.74) is 1.34. The van der Waals surface area contributed by atoms with Gasteiger partial charge in [-0.3, -0.25) is 0 Å². The summed E-state index contributed by atoms with van der Waals surface area (Å²) in [6, 6.07) is 10.6. The Kier molecular flexibility index (Phi) is 5.52. The highest BCUT2D eigenvalue weighted by molar-refractivity contribution is 7.89. The van der Waals surface area contributed by atoms with Crippen molar-refractivity contribution in [1.82, 2.24) is 5.32 Å². The van der Waals surface area contributed by atoms with Gasteiger partial charge in [0.2, 0.25) is 10.0 Å². The van der Waals surface area contributed by atoms with Crippen molar-refractivity contribution in [2.75, 3.05) is 12.3 Å². The number of rotatable bonds is 7. The molecule has 0 aliphatic heterocycles. The Morgan fingerprint density at radius 1 is 1.26 bits per heavy atom. The van der Waals surface area contributed by atoms with Gasteiger partial charge in [0.25, 0.3) is 0 Å². The van der Waals surface area contributed by atoms with Gasteiger partial charge in [-0.1, -0.05) is 44.2 Å². The number of hydrogen-bond donors (Lipinski definition) is 2. The van der Waals surface area contributed by atoms with Crippen molar-refractivity contribution in [3.63, 3.8) is 0 Å². The lowest BCUT2D eigenvalue weighted by atomic mass is 9.79. The summed E-state index contributed by atoms with van der Waals surface area (Å²) in [5.74, 6) is -0.0247. The molecule has 0 aliphatic carbocycles. The molecule has 0 saturated heterocycles. The summed E-state index contributed by atoms with van der Waals surface area (Å²) in [6.07, 6.45) is 0.932. The van der Waals surface area contributed by atoms with Gasteiger partial charge in [0.15, 0.2) is 0 Å². The van der Waals surface area contributed by atoms with E-state index in [0.717, 1.165) is 6.42 Å². The van der Waals surface area contributed by atoms with E-state index in [0.29, 0.717) is 6.54 Å². The molecule has 1 unspecified atom stereocenters. The minimum absolute atomic E-state index is 0.0247. The van der Waals surface area contributed by atoms with E-state index in [1.54, 1.807) is 0 Å². The Morgan fingerprint density at radius 3 is 2.37 bits per heavy atom. The normalized spacial score (nSPS) is 14.3. The van der Waals surface area contributed by atoms with Gasteiger partial charge in [0.1, 0.15) is 0 Å². The van der Waals surface area contributed by atoms with Crippen LogP contribution in [0.25, 0.3) is 0 Å². The zero-order chi connectivity index (χ0) is 14.5. The second-order valence-corrected chi connectivity index (χ2v) is 7.41. The zero-order valence-corrected chi connectivity index (χ0v) is 12.7. The van der Waals surface area contributed by atoms with Crippen molar-refractivity contribution in [2.45, 2.75) is 38.6 Å². The average Bonchev–Trinajstić information content (AvgIpc) is 2.27. The van der Waals surface area contributed by atoms with Crippen molar-refractivity contribution >= 4 is 10.0 Å². The van der Waals surface area contributed by atoms with Crippen LogP contribution in [0.4, 0.5) is 0 Å². The monoisotopic (exact) mass is 284 g/mol. The third kappa shape index (κ3) is 6.18. The van der Waals surface area contributed by atoms with Crippen LogP contribution in [0.2, 0.25) is 0 Å². The molecule has 108 valence electrons. The molecule has 0 heterocycles. The molecule has 0 radical (unpaired) electrons. The smallest absolute Gasteiger partial charge is 0.210 e. The molecule has 0 aliphatic rings. The summed E-state index contributed by atoms with van der Waals surface area (Å²) >= 11 is 0. The fraction of sp³-hybridized carbons (Fsp3) is 0.571. The molecule has 0 aromatic heterocycles. The Hall–Kier alpha value is -0.910. The van der Waals surface area contributed by atoms with Gasteiger partial charge >= 0.3 is 0 Å². The molecular weight excluding hydrogens is 260 g/mol. The molecule has 1 aromatic carbocycles. The standard InChI is InChI=1S/C14H24N2O2S/c1-12(16-9-10-19(15,17)18)11-14(2,3)13-7-5-4-6-8-13/h4-8,12,16H,9-11H2,1-3H3,(H2,15,17,18). The minimum Gasteiger partial charge on any atom is -0.313 e. The molecule has 1 aromatic rings. The molecule has 1 atom stereocenters. The Morgan fingerprint density at radius 2 is 1.84 bits per heavy atom. The number of benzene rings is 1. The lowest BCUT2D eigenvalue weighted by Crippen LogP contribution is -2.36. The van der Waals surface area contributed by atoms with E-state index in [4.69, 9.17) is 5.14 Å². The lowest BCUT2D eigenvalue weighted by Gasteiger charge is -2.29. The SMILES string of the molecule is CC(CC(C)(C)c1ccccc1)NCCS(N)(=O)=O. The summed E-state index contributed by atoms with van der Waals surface area (Å²) in [6.45, 7) is 6.85. The highest BCUT2D eigenvalue weighted by Crippen LogP contribution is 2.27. The summed E-state index contributed by atoms with van der Waals surface area (Å²) < 4.78 is 21.7. The first kappa shape index (κ1) is 16.1. The maximum atomic E-state index is 10.9.